The molecule has 0 aliphatic rings. The zero-order valence-corrected chi connectivity index (χ0v) is 11.1. The molecule has 2 rings (SSSR count). The monoisotopic (exact) mass is 270 g/mol. The third-order valence-electron chi connectivity index (χ3n) is 3.28. The van der Waals surface area contributed by atoms with Crippen LogP contribution in [0.3, 0.4) is 0 Å². The third-order valence-corrected chi connectivity index (χ3v) is 3.28. The molecular weight excluding hydrogens is 252 g/mol. The first kappa shape index (κ1) is 14.2. The Hall–Kier alpha value is -2.17. The average molecular weight is 270 g/mol. The number of hydrogen-bond donors (Lipinski definition) is 3. The number of benzene rings is 2. The van der Waals surface area contributed by atoms with Gasteiger partial charge in [-0.25, -0.2) is 0 Å². The van der Waals surface area contributed by atoms with E-state index < -0.39 is 12.0 Å². The predicted molar refractivity (Wildman–Crippen MR) is 79.1 cm³/mol. The number of carbonyl (C=O) groups is 1. The minimum Gasteiger partial charge on any atom is -0.480 e. The normalized spacial score (nSPS) is 12.1. The molecule has 0 amide bonds. The van der Waals surface area contributed by atoms with Gasteiger partial charge in [-0.05, 0) is 28.7 Å². The van der Waals surface area contributed by atoms with Crippen molar-refractivity contribution in [1.82, 2.24) is 0 Å². The molecule has 0 heterocycles. The van der Waals surface area contributed by atoms with Crippen molar-refractivity contribution in [1.29, 1.82) is 0 Å². The Labute approximate surface area is 118 Å². The largest absolute Gasteiger partial charge is 0.480 e. The van der Waals surface area contributed by atoms with Crippen LogP contribution in [0.25, 0.3) is 11.1 Å². The fourth-order valence-corrected chi connectivity index (χ4v) is 2.14. The summed E-state index contributed by atoms with van der Waals surface area (Å²) in [7, 11) is 0. The van der Waals surface area contributed by atoms with Gasteiger partial charge in [0.1, 0.15) is 6.04 Å². The Bertz CT molecular complexity index is 594. The van der Waals surface area contributed by atoms with E-state index in [0.29, 0.717) is 13.0 Å². The van der Waals surface area contributed by atoms with E-state index in [0.717, 1.165) is 22.3 Å². The van der Waals surface area contributed by atoms with Crippen molar-refractivity contribution in [3.8, 4) is 11.1 Å². The standard InChI is InChI=1S/C16H18N2O2/c17-10-13-3-1-2-4-14(13)12-7-5-11(6-8-12)9-15(18)16(19)20/h1-8,15H,9-10,17-18H2,(H,19,20)/t15-/m0/s1. The van der Waals surface area contributed by atoms with Crippen LogP contribution >= 0.6 is 0 Å². The molecule has 0 saturated heterocycles. The van der Waals surface area contributed by atoms with Gasteiger partial charge in [-0.15, -0.1) is 0 Å². The topological polar surface area (TPSA) is 89.3 Å². The molecule has 0 aliphatic carbocycles. The summed E-state index contributed by atoms with van der Waals surface area (Å²) in [4.78, 5) is 10.7. The molecule has 0 aromatic heterocycles. The molecule has 20 heavy (non-hydrogen) atoms. The lowest BCUT2D eigenvalue weighted by Gasteiger charge is -2.10. The number of hydrogen-bond acceptors (Lipinski definition) is 3. The van der Waals surface area contributed by atoms with Gasteiger partial charge in [0.05, 0.1) is 0 Å². The zero-order valence-electron chi connectivity index (χ0n) is 11.1. The van der Waals surface area contributed by atoms with Crippen LogP contribution < -0.4 is 11.5 Å². The number of carboxylic acid groups (broad SMARTS) is 1. The molecule has 1 atom stereocenters. The number of carboxylic acids is 1. The van der Waals surface area contributed by atoms with Crippen LogP contribution in [-0.2, 0) is 17.8 Å². The van der Waals surface area contributed by atoms with Crippen molar-refractivity contribution >= 4 is 5.97 Å². The quantitative estimate of drug-likeness (QED) is 0.772. The molecule has 104 valence electrons. The zero-order chi connectivity index (χ0) is 14.5. The maximum absolute atomic E-state index is 10.7. The van der Waals surface area contributed by atoms with E-state index in [4.69, 9.17) is 16.6 Å². The van der Waals surface area contributed by atoms with Gasteiger partial charge in [-0.1, -0.05) is 48.5 Å². The molecule has 0 unspecified atom stereocenters. The summed E-state index contributed by atoms with van der Waals surface area (Å²) in [5, 5.41) is 8.81. The van der Waals surface area contributed by atoms with Gasteiger partial charge in [0, 0.05) is 6.54 Å². The lowest BCUT2D eigenvalue weighted by atomic mass is 9.97. The molecule has 0 spiro atoms. The van der Waals surface area contributed by atoms with Crippen LogP contribution in [0.5, 0.6) is 0 Å². The van der Waals surface area contributed by atoms with Crippen LogP contribution in [0.4, 0.5) is 0 Å². The molecular formula is C16H18N2O2. The Morgan fingerprint density at radius 2 is 1.75 bits per heavy atom. The maximum atomic E-state index is 10.7. The molecule has 2 aromatic rings. The van der Waals surface area contributed by atoms with E-state index in [9.17, 15) is 4.79 Å². The van der Waals surface area contributed by atoms with Gasteiger partial charge in [-0.2, -0.15) is 0 Å². The van der Waals surface area contributed by atoms with Crippen molar-refractivity contribution in [3.05, 3.63) is 59.7 Å². The summed E-state index contributed by atoms with van der Waals surface area (Å²) in [5.74, 6) is -0.984. The first-order valence-electron chi connectivity index (χ1n) is 6.47. The highest BCUT2D eigenvalue weighted by Gasteiger charge is 2.12. The van der Waals surface area contributed by atoms with E-state index in [-0.39, 0.29) is 0 Å². The van der Waals surface area contributed by atoms with Crippen molar-refractivity contribution in [2.24, 2.45) is 11.5 Å². The van der Waals surface area contributed by atoms with E-state index in [1.165, 1.54) is 0 Å². The van der Waals surface area contributed by atoms with Crippen molar-refractivity contribution in [3.63, 3.8) is 0 Å². The maximum Gasteiger partial charge on any atom is 0.320 e. The van der Waals surface area contributed by atoms with Gasteiger partial charge in [-0.3, -0.25) is 4.79 Å². The fraction of sp³-hybridized carbons (Fsp3) is 0.188. The van der Waals surface area contributed by atoms with Gasteiger partial charge in [0.15, 0.2) is 0 Å². The van der Waals surface area contributed by atoms with Gasteiger partial charge in [0.2, 0.25) is 0 Å². The van der Waals surface area contributed by atoms with Crippen LogP contribution in [0, 0.1) is 0 Å². The molecule has 0 bridgehead atoms. The molecule has 0 radical (unpaired) electrons. The SMILES string of the molecule is NCc1ccccc1-c1ccc(C[C@H](N)C(=O)O)cc1. The average Bonchev–Trinajstić information content (AvgIpc) is 2.48. The smallest absolute Gasteiger partial charge is 0.320 e. The highest BCUT2D eigenvalue weighted by Crippen LogP contribution is 2.23. The first-order valence-corrected chi connectivity index (χ1v) is 6.47. The van der Waals surface area contributed by atoms with E-state index in [1.54, 1.807) is 0 Å². The third kappa shape index (κ3) is 3.23. The Balaban J connectivity index is 2.22. The molecule has 0 fully saturated rings. The van der Waals surface area contributed by atoms with Crippen LogP contribution in [0.1, 0.15) is 11.1 Å². The lowest BCUT2D eigenvalue weighted by molar-refractivity contribution is -0.138. The van der Waals surface area contributed by atoms with Crippen molar-refractivity contribution < 1.29 is 9.90 Å². The van der Waals surface area contributed by atoms with Gasteiger partial charge in [0.25, 0.3) is 0 Å². The summed E-state index contributed by atoms with van der Waals surface area (Å²) < 4.78 is 0. The Morgan fingerprint density at radius 1 is 1.10 bits per heavy atom. The van der Waals surface area contributed by atoms with E-state index in [2.05, 4.69) is 0 Å². The van der Waals surface area contributed by atoms with Crippen LogP contribution in [-0.4, -0.2) is 17.1 Å². The van der Waals surface area contributed by atoms with E-state index >= 15 is 0 Å². The molecule has 5 N–H and O–H groups in total. The van der Waals surface area contributed by atoms with Crippen molar-refractivity contribution in [2.45, 2.75) is 19.0 Å². The number of aliphatic carboxylic acids is 1. The van der Waals surface area contributed by atoms with Crippen LogP contribution in [0.15, 0.2) is 48.5 Å². The molecule has 4 heteroatoms. The summed E-state index contributed by atoms with van der Waals surface area (Å²) in [5.41, 5.74) is 15.4. The number of rotatable bonds is 5. The molecule has 0 aliphatic heterocycles. The number of nitrogens with two attached hydrogens (primary N) is 2. The van der Waals surface area contributed by atoms with E-state index in [1.807, 2.05) is 48.5 Å². The second-order valence-corrected chi connectivity index (χ2v) is 4.71. The summed E-state index contributed by atoms with van der Waals surface area (Å²) in [6, 6.07) is 14.9. The minimum atomic E-state index is -0.984. The fourth-order valence-electron chi connectivity index (χ4n) is 2.14. The van der Waals surface area contributed by atoms with Crippen molar-refractivity contribution in [2.75, 3.05) is 0 Å². The first-order chi connectivity index (χ1) is 9.61. The van der Waals surface area contributed by atoms with Gasteiger partial charge < -0.3 is 16.6 Å². The second-order valence-electron chi connectivity index (χ2n) is 4.71. The Morgan fingerprint density at radius 3 is 2.35 bits per heavy atom. The molecule has 4 nitrogen and oxygen atoms in total. The highest BCUT2D eigenvalue weighted by atomic mass is 16.4. The lowest BCUT2D eigenvalue weighted by Crippen LogP contribution is -2.32. The summed E-state index contributed by atoms with van der Waals surface area (Å²) >= 11 is 0. The predicted octanol–water partition coefficient (Wildman–Crippen LogP) is 1.77. The second kappa shape index (κ2) is 6.32. The molecule has 0 saturated carbocycles. The van der Waals surface area contributed by atoms with Gasteiger partial charge >= 0.3 is 5.97 Å². The minimum absolute atomic E-state index is 0.328. The molecule has 2 aromatic carbocycles. The van der Waals surface area contributed by atoms with Crippen LogP contribution in [0.2, 0.25) is 0 Å². The summed E-state index contributed by atoms with van der Waals surface area (Å²) in [6.45, 7) is 0.488. The Kier molecular flexibility index (Phi) is 4.50. The highest BCUT2D eigenvalue weighted by molar-refractivity contribution is 5.73. The summed E-state index contributed by atoms with van der Waals surface area (Å²) in [6.07, 6.45) is 0.328.